The predicted molar refractivity (Wildman–Crippen MR) is 115 cm³/mol. The Morgan fingerprint density at radius 3 is 2.65 bits per heavy atom. The summed E-state index contributed by atoms with van der Waals surface area (Å²) < 4.78 is 22.6. The van der Waals surface area contributed by atoms with Crippen LogP contribution in [0.4, 0.5) is 6.01 Å². The Bertz CT molecular complexity index is 1160. The third-order valence-corrected chi connectivity index (χ3v) is 4.55. The first-order valence-corrected chi connectivity index (χ1v) is 10.2. The average molecular weight is 421 g/mol. The molecule has 0 bridgehead atoms. The van der Waals surface area contributed by atoms with E-state index in [1.54, 1.807) is 30.3 Å². The summed E-state index contributed by atoms with van der Waals surface area (Å²) in [6.45, 7) is 5.19. The number of anilines is 1. The number of ether oxygens (including phenoxy) is 2. The van der Waals surface area contributed by atoms with Crippen molar-refractivity contribution in [3.05, 3.63) is 54.1 Å². The van der Waals surface area contributed by atoms with Crippen molar-refractivity contribution in [1.29, 1.82) is 0 Å². The van der Waals surface area contributed by atoms with Gasteiger partial charge in [0, 0.05) is 10.9 Å². The molecular formula is C23H23N3O5. The minimum atomic E-state index is -0.362. The van der Waals surface area contributed by atoms with Gasteiger partial charge in [0.2, 0.25) is 0 Å². The highest BCUT2D eigenvalue weighted by Gasteiger charge is 2.17. The fraction of sp³-hybridized carbons (Fsp3) is 0.261. The van der Waals surface area contributed by atoms with Crippen LogP contribution in [-0.2, 0) is 0 Å². The number of aromatic nitrogens is 2. The van der Waals surface area contributed by atoms with Crippen LogP contribution in [0, 0.1) is 0 Å². The maximum absolute atomic E-state index is 12.5. The van der Waals surface area contributed by atoms with E-state index in [0.29, 0.717) is 35.9 Å². The molecule has 2 aromatic heterocycles. The minimum Gasteiger partial charge on any atom is -0.494 e. The first-order valence-electron chi connectivity index (χ1n) is 10.2. The van der Waals surface area contributed by atoms with Crippen LogP contribution in [-0.4, -0.2) is 29.3 Å². The second-order valence-electron chi connectivity index (χ2n) is 6.81. The number of hydrogen-bond donors (Lipinski definition) is 1. The van der Waals surface area contributed by atoms with E-state index < -0.39 is 0 Å². The van der Waals surface area contributed by atoms with E-state index in [1.807, 2.05) is 25.1 Å². The van der Waals surface area contributed by atoms with Gasteiger partial charge in [0.15, 0.2) is 17.1 Å². The summed E-state index contributed by atoms with van der Waals surface area (Å²) in [5, 5.41) is 11.3. The van der Waals surface area contributed by atoms with Gasteiger partial charge < -0.3 is 18.3 Å². The van der Waals surface area contributed by atoms with Crippen molar-refractivity contribution in [2.24, 2.45) is 0 Å². The number of carbonyl (C=O) groups excluding carboxylic acids is 1. The highest BCUT2D eigenvalue weighted by atomic mass is 16.5. The summed E-state index contributed by atoms with van der Waals surface area (Å²) >= 11 is 0. The monoisotopic (exact) mass is 421 g/mol. The van der Waals surface area contributed by atoms with Crippen LogP contribution in [0.1, 0.15) is 37.0 Å². The number of nitrogens with zero attached hydrogens (tertiary/aromatic N) is 2. The minimum absolute atomic E-state index is 0.0197. The van der Waals surface area contributed by atoms with Gasteiger partial charge in [-0.25, -0.2) is 0 Å². The lowest BCUT2D eigenvalue weighted by atomic mass is 10.2. The summed E-state index contributed by atoms with van der Waals surface area (Å²) in [5.74, 6) is 1.55. The number of unbranched alkanes of at least 4 members (excludes halogenated alkanes) is 1. The zero-order valence-corrected chi connectivity index (χ0v) is 17.4. The second-order valence-corrected chi connectivity index (χ2v) is 6.81. The number of hydrogen-bond acceptors (Lipinski definition) is 7. The van der Waals surface area contributed by atoms with Gasteiger partial charge in [-0.05, 0) is 49.7 Å². The van der Waals surface area contributed by atoms with Crippen molar-refractivity contribution in [3.8, 4) is 23.1 Å². The number of para-hydroxylation sites is 1. The Morgan fingerprint density at radius 1 is 1.03 bits per heavy atom. The van der Waals surface area contributed by atoms with E-state index in [2.05, 4.69) is 22.4 Å². The third kappa shape index (κ3) is 4.69. The highest BCUT2D eigenvalue weighted by molar-refractivity contribution is 6.03. The molecule has 0 aliphatic heterocycles. The maximum atomic E-state index is 12.5. The maximum Gasteiger partial charge on any atom is 0.322 e. The summed E-state index contributed by atoms with van der Waals surface area (Å²) in [7, 11) is 0. The SMILES string of the molecule is CCCCOc1ccc(C(=O)Nc2nnc(-c3cc4cccc(OCC)c4o3)o2)cc1. The van der Waals surface area contributed by atoms with Gasteiger partial charge in [0.1, 0.15) is 5.75 Å². The van der Waals surface area contributed by atoms with Crippen LogP contribution in [0.25, 0.3) is 22.6 Å². The Balaban J connectivity index is 1.45. The quantitative estimate of drug-likeness (QED) is 0.365. The molecule has 4 aromatic rings. The van der Waals surface area contributed by atoms with Crippen molar-refractivity contribution in [1.82, 2.24) is 10.2 Å². The Hall–Kier alpha value is -3.81. The molecule has 0 unspecified atom stereocenters. The molecule has 0 saturated heterocycles. The lowest BCUT2D eigenvalue weighted by Crippen LogP contribution is -2.12. The molecule has 0 fully saturated rings. The number of fused-ring (bicyclic) bond motifs is 1. The van der Waals surface area contributed by atoms with Gasteiger partial charge in [0.25, 0.3) is 11.8 Å². The van der Waals surface area contributed by atoms with Gasteiger partial charge in [-0.2, -0.15) is 0 Å². The van der Waals surface area contributed by atoms with Crippen molar-refractivity contribution < 1.29 is 23.1 Å². The Morgan fingerprint density at radius 2 is 1.87 bits per heavy atom. The Labute approximate surface area is 179 Å². The number of carbonyl (C=O) groups is 1. The molecule has 0 aliphatic carbocycles. The molecule has 4 rings (SSSR count). The molecule has 0 atom stereocenters. The molecule has 1 amide bonds. The lowest BCUT2D eigenvalue weighted by molar-refractivity contribution is 0.102. The van der Waals surface area contributed by atoms with E-state index in [9.17, 15) is 4.79 Å². The molecule has 0 spiro atoms. The molecule has 0 saturated carbocycles. The summed E-state index contributed by atoms with van der Waals surface area (Å²) in [5.41, 5.74) is 1.05. The number of benzene rings is 2. The number of rotatable bonds is 9. The van der Waals surface area contributed by atoms with Gasteiger partial charge in [-0.1, -0.05) is 30.6 Å². The lowest BCUT2D eigenvalue weighted by Gasteiger charge is -2.06. The fourth-order valence-corrected chi connectivity index (χ4v) is 2.99. The van der Waals surface area contributed by atoms with Crippen molar-refractivity contribution >= 4 is 22.9 Å². The fourth-order valence-electron chi connectivity index (χ4n) is 2.99. The van der Waals surface area contributed by atoms with Crippen LogP contribution in [0.3, 0.4) is 0 Å². The molecule has 8 nitrogen and oxygen atoms in total. The summed E-state index contributed by atoms with van der Waals surface area (Å²) in [6.07, 6.45) is 2.05. The largest absolute Gasteiger partial charge is 0.494 e. The summed E-state index contributed by atoms with van der Waals surface area (Å²) in [4.78, 5) is 12.5. The van der Waals surface area contributed by atoms with Crippen LogP contribution in [0.5, 0.6) is 11.5 Å². The molecule has 1 N–H and O–H groups in total. The molecular weight excluding hydrogens is 398 g/mol. The smallest absolute Gasteiger partial charge is 0.322 e. The van der Waals surface area contributed by atoms with Gasteiger partial charge in [0.05, 0.1) is 13.2 Å². The normalized spacial score (nSPS) is 10.9. The van der Waals surface area contributed by atoms with Gasteiger partial charge >= 0.3 is 6.01 Å². The average Bonchev–Trinajstić information content (AvgIpc) is 3.42. The van der Waals surface area contributed by atoms with Crippen LogP contribution in [0.15, 0.2) is 57.4 Å². The van der Waals surface area contributed by atoms with Crippen molar-refractivity contribution in [2.45, 2.75) is 26.7 Å². The molecule has 0 radical (unpaired) electrons. The van der Waals surface area contributed by atoms with E-state index in [4.69, 9.17) is 18.3 Å². The number of nitrogens with one attached hydrogen (secondary N) is 1. The molecule has 2 heterocycles. The second kappa shape index (κ2) is 9.34. The zero-order chi connectivity index (χ0) is 21.6. The highest BCUT2D eigenvalue weighted by Crippen LogP contribution is 2.33. The van der Waals surface area contributed by atoms with Gasteiger partial charge in [-0.3, -0.25) is 10.1 Å². The van der Waals surface area contributed by atoms with Crippen molar-refractivity contribution in [2.75, 3.05) is 18.5 Å². The number of amides is 1. The zero-order valence-electron chi connectivity index (χ0n) is 17.4. The van der Waals surface area contributed by atoms with E-state index in [-0.39, 0.29) is 17.8 Å². The van der Waals surface area contributed by atoms with Gasteiger partial charge in [-0.15, -0.1) is 5.10 Å². The molecule has 2 aromatic carbocycles. The topological polar surface area (TPSA) is 99.6 Å². The first-order chi connectivity index (χ1) is 15.2. The molecule has 0 aliphatic rings. The van der Waals surface area contributed by atoms with Crippen LogP contribution in [0.2, 0.25) is 0 Å². The standard InChI is InChI=1S/C23H23N3O5/c1-3-5-13-29-17-11-9-15(10-12-17)21(27)24-23-26-25-22(31-23)19-14-16-7-6-8-18(28-4-2)20(16)30-19/h6-12,14H,3-5,13H2,1-2H3,(H,24,26,27). The predicted octanol–water partition coefficient (Wildman–Crippen LogP) is 5.31. The van der Waals surface area contributed by atoms with Crippen LogP contribution < -0.4 is 14.8 Å². The molecule has 8 heteroatoms. The van der Waals surface area contributed by atoms with E-state index in [0.717, 1.165) is 24.0 Å². The van der Waals surface area contributed by atoms with Crippen LogP contribution >= 0.6 is 0 Å². The Kier molecular flexibility index (Phi) is 6.16. The third-order valence-electron chi connectivity index (χ3n) is 4.55. The molecule has 31 heavy (non-hydrogen) atoms. The van der Waals surface area contributed by atoms with E-state index >= 15 is 0 Å². The first kappa shape index (κ1) is 20.5. The number of furan rings is 1. The van der Waals surface area contributed by atoms with E-state index in [1.165, 1.54) is 0 Å². The van der Waals surface area contributed by atoms with Crippen molar-refractivity contribution in [3.63, 3.8) is 0 Å². The summed E-state index contributed by atoms with van der Waals surface area (Å²) in [6, 6.07) is 14.3. The molecule has 160 valence electrons.